The van der Waals surface area contributed by atoms with Crippen LogP contribution in [0.1, 0.15) is 26.2 Å². The van der Waals surface area contributed by atoms with Crippen LogP contribution in [0.15, 0.2) is 0 Å². The smallest absolute Gasteiger partial charge is 0.133 e. The lowest BCUT2D eigenvalue weighted by Crippen LogP contribution is -2.10. The Labute approximate surface area is 61.2 Å². The molecule has 58 valence electrons. The highest BCUT2D eigenvalue weighted by molar-refractivity contribution is 5.81. The molecule has 2 nitrogen and oxygen atoms in total. The molecule has 0 heterocycles. The summed E-state index contributed by atoms with van der Waals surface area (Å²) in [5.74, 6) is 1.04. The first-order valence-electron chi connectivity index (χ1n) is 3.90. The molecule has 0 aromatic heterocycles. The molecule has 0 bridgehead atoms. The molecule has 0 aromatic rings. The number of ketones is 1. The average Bonchev–Trinajstić information content (AvgIpc) is 2.30. The van der Waals surface area contributed by atoms with Crippen molar-refractivity contribution in [3.05, 3.63) is 0 Å². The molecule has 10 heavy (non-hydrogen) atoms. The summed E-state index contributed by atoms with van der Waals surface area (Å²) >= 11 is 0. The summed E-state index contributed by atoms with van der Waals surface area (Å²) in [7, 11) is 0. The van der Waals surface area contributed by atoms with Crippen molar-refractivity contribution < 1.29 is 9.90 Å². The van der Waals surface area contributed by atoms with E-state index in [1.165, 1.54) is 0 Å². The molecule has 0 saturated heterocycles. The molecule has 1 aliphatic carbocycles. The van der Waals surface area contributed by atoms with Gasteiger partial charge < -0.3 is 5.11 Å². The summed E-state index contributed by atoms with van der Waals surface area (Å²) in [6, 6.07) is 0. The van der Waals surface area contributed by atoms with Gasteiger partial charge in [-0.3, -0.25) is 4.79 Å². The Hall–Kier alpha value is -0.370. The highest BCUT2D eigenvalue weighted by atomic mass is 16.3. The third-order valence-corrected chi connectivity index (χ3v) is 2.41. The van der Waals surface area contributed by atoms with E-state index in [1.807, 2.05) is 0 Å². The summed E-state index contributed by atoms with van der Waals surface area (Å²) in [6.07, 6.45) is 2.33. The van der Waals surface area contributed by atoms with Crippen LogP contribution in [0.3, 0.4) is 0 Å². The molecule has 2 heteroatoms. The fourth-order valence-corrected chi connectivity index (χ4v) is 1.69. The minimum absolute atomic E-state index is 0.185. The minimum Gasteiger partial charge on any atom is -0.396 e. The lowest BCUT2D eigenvalue weighted by Gasteiger charge is -2.12. The van der Waals surface area contributed by atoms with E-state index in [0.717, 1.165) is 6.42 Å². The second-order valence-corrected chi connectivity index (χ2v) is 3.06. The van der Waals surface area contributed by atoms with E-state index in [-0.39, 0.29) is 12.5 Å². The molecule has 0 unspecified atom stereocenters. The van der Waals surface area contributed by atoms with Crippen molar-refractivity contribution in [2.24, 2.45) is 11.8 Å². The van der Waals surface area contributed by atoms with E-state index in [2.05, 4.69) is 6.92 Å². The predicted molar refractivity (Wildman–Crippen MR) is 38.6 cm³/mol. The molecule has 1 aliphatic rings. The first-order valence-corrected chi connectivity index (χ1v) is 3.90. The number of hydrogen-bond donors (Lipinski definition) is 1. The van der Waals surface area contributed by atoms with Crippen molar-refractivity contribution in [2.45, 2.75) is 26.2 Å². The van der Waals surface area contributed by atoms with Crippen molar-refractivity contribution in [3.63, 3.8) is 0 Å². The van der Waals surface area contributed by atoms with Crippen LogP contribution in [0, 0.1) is 11.8 Å². The molecule has 0 radical (unpaired) electrons. The first-order chi connectivity index (χ1) is 4.77. The van der Waals surface area contributed by atoms with Crippen LogP contribution in [0.25, 0.3) is 0 Å². The highest BCUT2D eigenvalue weighted by Crippen LogP contribution is 2.30. The number of aliphatic hydroxyl groups excluding tert-OH is 1. The van der Waals surface area contributed by atoms with Gasteiger partial charge in [0.05, 0.1) is 0 Å². The SMILES string of the molecule is CC[C@H]1CC(=O)C[C@@H]1CO. The second-order valence-electron chi connectivity index (χ2n) is 3.06. The lowest BCUT2D eigenvalue weighted by atomic mass is 9.95. The molecule has 0 aromatic carbocycles. The van der Waals surface area contributed by atoms with Gasteiger partial charge in [-0.2, -0.15) is 0 Å². The number of rotatable bonds is 2. The lowest BCUT2D eigenvalue weighted by molar-refractivity contribution is -0.117. The molecule has 1 fully saturated rings. The van der Waals surface area contributed by atoms with Crippen LogP contribution >= 0.6 is 0 Å². The Morgan fingerprint density at radius 2 is 2.10 bits per heavy atom. The normalized spacial score (nSPS) is 33.2. The zero-order valence-corrected chi connectivity index (χ0v) is 6.34. The van der Waals surface area contributed by atoms with Gasteiger partial charge in [0.1, 0.15) is 5.78 Å². The maximum absolute atomic E-state index is 10.9. The topological polar surface area (TPSA) is 37.3 Å². The Morgan fingerprint density at radius 1 is 1.50 bits per heavy atom. The van der Waals surface area contributed by atoms with Gasteiger partial charge in [0, 0.05) is 19.4 Å². The minimum atomic E-state index is 0.185. The van der Waals surface area contributed by atoms with Gasteiger partial charge in [-0.05, 0) is 11.8 Å². The van der Waals surface area contributed by atoms with Gasteiger partial charge in [0.15, 0.2) is 0 Å². The molecule has 2 atom stereocenters. The van der Waals surface area contributed by atoms with Gasteiger partial charge >= 0.3 is 0 Å². The van der Waals surface area contributed by atoms with Crippen LogP contribution in [-0.4, -0.2) is 17.5 Å². The average molecular weight is 142 g/mol. The first kappa shape index (κ1) is 7.73. The number of carbonyl (C=O) groups is 1. The maximum Gasteiger partial charge on any atom is 0.133 e. The zero-order valence-electron chi connectivity index (χ0n) is 6.34. The largest absolute Gasteiger partial charge is 0.396 e. The molecular weight excluding hydrogens is 128 g/mol. The second kappa shape index (κ2) is 3.15. The summed E-state index contributed by atoms with van der Waals surface area (Å²) in [6.45, 7) is 2.26. The fourth-order valence-electron chi connectivity index (χ4n) is 1.69. The van der Waals surface area contributed by atoms with Crippen molar-refractivity contribution in [3.8, 4) is 0 Å². The van der Waals surface area contributed by atoms with Crippen LogP contribution in [0.4, 0.5) is 0 Å². The Bertz CT molecular complexity index is 117. The number of Topliss-reactive ketones (excluding diaryl/α,β-unsaturated/α-hetero) is 1. The van der Waals surface area contributed by atoms with E-state index in [0.29, 0.717) is 24.5 Å². The summed E-state index contributed by atoms with van der Waals surface area (Å²) in [5.41, 5.74) is 0. The molecule has 1 rings (SSSR count). The zero-order chi connectivity index (χ0) is 7.56. The Balaban J connectivity index is 2.48. The number of hydrogen-bond acceptors (Lipinski definition) is 2. The van der Waals surface area contributed by atoms with Gasteiger partial charge in [-0.25, -0.2) is 0 Å². The van der Waals surface area contributed by atoms with Crippen molar-refractivity contribution in [2.75, 3.05) is 6.61 Å². The van der Waals surface area contributed by atoms with Crippen molar-refractivity contribution in [1.82, 2.24) is 0 Å². The molecule has 0 aliphatic heterocycles. The number of carbonyl (C=O) groups excluding carboxylic acids is 1. The third-order valence-electron chi connectivity index (χ3n) is 2.41. The molecule has 1 saturated carbocycles. The molecular formula is C8H14O2. The molecule has 1 N–H and O–H groups in total. The van der Waals surface area contributed by atoms with Crippen LogP contribution in [0.5, 0.6) is 0 Å². The van der Waals surface area contributed by atoms with E-state index in [4.69, 9.17) is 5.11 Å². The van der Waals surface area contributed by atoms with Gasteiger partial charge in [-0.1, -0.05) is 13.3 Å². The van der Waals surface area contributed by atoms with E-state index >= 15 is 0 Å². The quantitative estimate of drug-likeness (QED) is 0.624. The monoisotopic (exact) mass is 142 g/mol. The number of aliphatic hydroxyl groups is 1. The van der Waals surface area contributed by atoms with Gasteiger partial charge in [0.2, 0.25) is 0 Å². The molecule has 0 amide bonds. The van der Waals surface area contributed by atoms with Crippen LogP contribution < -0.4 is 0 Å². The highest BCUT2D eigenvalue weighted by Gasteiger charge is 2.30. The summed E-state index contributed by atoms with van der Waals surface area (Å²) in [5, 5.41) is 8.83. The Kier molecular flexibility index (Phi) is 2.44. The van der Waals surface area contributed by atoms with Crippen molar-refractivity contribution >= 4 is 5.78 Å². The predicted octanol–water partition coefficient (Wildman–Crippen LogP) is 0.984. The van der Waals surface area contributed by atoms with Crippen LogP contribution in [0.2, 0.25) is 0 Å². The Morgan fingerprint density at radius 3 is 2.50 bits per heavy atom. The van der Waals surface area contributed by atoms with Gasteiger partial charge in [-0.15, -0.1) is 0 Å². The summed E-state index contributed by atoms with van der Waals surface area (Å²) in [4.78, 5) is 10.9. The van der Waals surface area contributed by atoms with Crippen LogP contribution in [-0.2, 0) is 4.79 Å². The summed E-state index contributed by atoms with van der Waals surface area (Å²) < 4.78 is 0. The maximum atomic E-state index is 10.9. The van der Waals surface area contributed by atoms with E-state index in [1.54, 1.807) is 0 Å². The van der Waals surface area contributed by atoms with Crippen molar-refractivity contribution in [1.29, 1.82) is 0 Å². The third kappa shape index (κ3) is 1.37. The molecule has 0 spiro atoms. The standard InChI is InChI=1S/C8H14O2/c1-2-6-3-8(10)4-7(6)5-9/h6-7,9H,2-5H2,1H3/t6-,7+/m0/s1. The van der Waals surface area contributed by atoms with E-state index in [9.17, 15) is 4.79 Å². The van der Waals surface area contributed by atoms with Gasteiger partial charge in [0.25, 0.3) is 0 Å². The van der Waals surface area contributed by atoms with E-state index < -0.39 is 0 Å². The fraction of sp³-hybridized carbons (Fsp3) is 0.875.